The van der Waals surface area contributed by atoms with Crippen LogP contribution < -0.4 is 5.32 Å². The predicted octanol–water partition coefficient (Wildman–Crippen LogP) is 1.77. The predicted molar refractivity (Wildman–Crippen MR) is 102 cm³/mol. The lowest BCUT2D eigenvalue weighted by Crippen LogP contribution is -2.42. The molecule has 7 nitrogen and oxygen atoms in total. The number of hydrogen-bond donors (Lipinski definition) is 1. The van der Waals surface area contributed by atoms with Gasteiger partial charge in [0.1, 0.15) is 5.69 Å². The Morgan fingerprint density at radius 1 is 1.37 bits per heavy atom. The smallest absolute Gasteiger partial charge is 0.240 e. The zero-order chi connectivity index (χ0) is 18.9. The number of carbonyl (C=O) groups is 1. The molecule has 7 heteroatoms. The van der Waals surface area contributed by atoms with Gasteiger partial charge in [-0.15, -0.1) is 0 Å². The summed E-state index contributed by atoms with van der Waals surface area (Å²) in [6.45, 7) is 3.53. The molecule has 0 saturated carbocycles. The summed E-state index contributed by atoms with van der Waals surface area (Å²) in [4.78, 5) is 21.3. The Morgan fingerprint density at radius 3 is 2.93 bits per heavy atom. The summed E-state index contributed by atoms with van der Waals surface area (Å²) in [5, 5.41) is 7.51. The minimum Gasteiger partial charge on any atom is -0.359 e. The number of aromatic nitrogens is 2. The van der Waals surface area contributed by atoms with Crippen molar-refractivity contribution in [3.63, 3.8) is 0 Å². The van der Waals surface area contributed by atoms with E-state index < -0.39 is 0 Å². The normalized spacial score (nSPS) is 22.2. The number of pyridine rings is 1. The molecule has 2 fully saturated rings. The Balaban J connectivity index is 1.40. The highest BCUT2D eigenvalue weighted by Crippen LogP contribution is 2.41. The Bertz CT molecular complexity index is 785. The lowest BCUT2D eigenvalue weighted by atomic mass is 9.77. The molecule has 1 amide bonds. The van der Waals surface area contributed by atoms with Gasteiger partial charge in [-0.05, 0) is 56.9 Å². The molecular weight excluding hydrogens is 342 g/mol. The summed E-state index contributed by atoms with van der Waals surface area (Å²) in [5.41, 5.74) is 1.75. The van der Waals surface area contributed by atoms with Gasteiger partial charge in [0, 0.05) is 25.9 Å². The van der Waals surface area contributed by atoms with Gasteiger partial charge in [-0.25, -0.2) is 0 Å². The van der Waals surface area contributed by atoms with Crippen molar-refractivity contribution in [2.75, 3.05) is 33.7 Å². The number of piperidine rings is 1. The molecule has 1 atom stereocenters. The standard InChI is InChI=1S/C20H27N5O2/c1-24(13-15-11-17(23-27-15)16-5-3-4-8-22-16)19(26)18-12-20(14-25(18)2)6-9-21-10-7-20/h3-5,8,11,18,21H,6-7,9-10,12-14H2,1-2H3/t18-/m0/s1. The van der Waals surface area contributed by atoms with Gasteiger partial charge in [0.25, 0.3) is 0 Å². The highest BCUT2D eigenvalue weighted by atomic mass is 16.5. The number of likely N-dealkylation sites (N-methyl/N-ethyl adjacent to an activating group) is 2. The van der Waals surface area contributed by atoms with Crippen molar-refractivity contribution >= 4 is 5.91 Å². The molecule has 0 unspecified atom stereocenters. The first kappa shape index (κ1) is 18.1. The fraction of sp³-hybridized carbons (Fsp3) is 0.550. The van der Waals surface area contributed by atoms with Gasteiger partial charge < -0.3 is 14.7 Å². The molecule has 4 rings (SSSR count). The molecule has 4 heterocycles. The van der Waals surface area contributed by atoms with E-state index in [2.05, 4.69) is 27.4 Å². The van der Waals surface area contributed by atoms with E-state index in [1.165, 1.54) is 0 Å². The van der Waals surface area contributed by atoms with E-state index in [4.69, 9.17) is 4.52 Å². The molecule has 0 aliphatic carbocycles. The lowest BCUT2D eigenvalue weighted by molar-refractivity contribution is -0.135. The number of hydrogen-bond acceptors (Lipinski definition) is 6. The van der Waals surface area contributed by atoms with Crippen molar-refractivity contribution in [3.05, 3.63) is 36.2 Å². The summed E-state index contributed by atoms with van der Waals surface area (Å²) < 4.78 is 5.43. The zero-order valence-corrected chi connectivity index (χ0v) is 16.0. The fourth-order valence-corrected chi connectivity index (χ4v) is 4.45. The molecule has 2 aromatic rings. The molecular formula is C20H27N5O2. The minimum absolute atomic E-state index is 0.0497. The van der Waals surface area contributed by atoms with E-state index >= 15 is 0 Å². The van der Waals surface area contributed by atoms with Crippen LogP contribution in [0.2, 0.25) is 0 Å². The molecule has 1 spiro atoms. The Morgan fingerprint density at radius 2 is 2.19 bits per heavy atom. The van der Waals surface area contributed by atoms with Crippen LogP contribution in [0.3, 0.4) is 0 Å². The van der Waals surface area contributed by atoms with E-state index in [9.17, 15) is 4.79 Å². The summed E-state index contributed by atoms with van der Waals surface area (Å²) in [7, 11) is 3.91. The highest BCUT2D eigenvalue weighted by Gasteiger charge is 2.46. The number of carbonyl (C=O) groups excluding carboxylic acids is 1. The maximum Gasteiger partial charge on any atom is 0.240 e. The van der Waals surface area contributed by atoms with Crippen LogP contribution in [0.4, 0.5) is 0 Å². The van der Waals surface area contributed by atoms with Crippen molar-refractivity contribution in [3.8, 4) is 11.4 Å². The Labute approximate surface area is 159 Å². The zero-order valence-electron chi connectivity index (χ0n) is 16.0. The van der Waals surface area contributed by atoms with Gasteiger partial charge in [0.2, 0.25) is 5.91 Å². The molecule has 1 N–H and O–H groups in total. The monoisotopic (exact) mass is 369 g/mol. The number of nitrogens with one attached hydrogen (secondary N) is 1. The maximum atomic E-state index is 13.1. The maximum absolute atomic E-state index is 13.1. The molecule has 2 aliphatic rings. The van der Waals surface area contributed by atoms with E-state index in [1.807, 2.05) is 31.3 Å². The third-order valence-electron chi connectivity index (χ3n) is 5.95. The molecule has 144 valence electrons. The number of nitrogens with zero attached hydrogens (tertiary/aromatic N) is 4. The first-order chi connectivity index (χ1) is 13.1. The van der Waals surface area contributed by atoms with Crippen LogP contribution in [-0.2, 0) is 11.3 Å². The molecule has 27 heavy (non-hydrogen) atoms. The summed E-state index contributed by atoms with van der Waals surface area (Å²) in [5.74, 6) is 0.826. The van der Waals surface area contributed by atoms with Crippen LogP contribution in [-0.4, -0.2) is 65.6 Å². The van der Waals surface area contributed by atoms with Crippen LogP contribution in [0.1, 0.15) is 25.0 Å². The van der Waals surface area contributed by atoms with Crippen molar-refractivity contribution in [2.45, 2.75) is 31.8 Å². The molecule has 0 bridgehead atoms. The van der Waals surface area contributed by atoms with Gasteiger partial charge in [0.15, 0.2) is 5.76 Å². The second-order valence-electron chi connectivity index (χ2n) is 7.97. The first-order valence-corrected chi connectivity index (χ1v) is 9.59. The van der Waals surface area contributed by atoms with E-state index in [0.29, 0.717) is 23.4 Å². The molecule has 2 aromatic heterocycles. The highest BCUT2D eigenvalue weighted by molar-refractivity contribution is 5.82. The van der Waals surface area contributed by atoms with Crippen LogP contribution in [0.15, 0.2) is 35.0 Å². The van der Waals surface area contributed by atoms with Gasteiger partial charge in [-0.1, -0.05) is 11.2 Å². The number of rotatable bonds is 4. The molecule has 2 aliphatic heterocycles. The van der Waals surface area contributed by atoms with Crippen LogP contribution >= 0.6 is 0 Å². The van der Waals surface area contributed by atoms with Gasteiger partial charge >= 0.3 is 0 Å². The largest absolute Gasteiger partial charge is 0.359 e. The quantitative estimate of drug-likeness (QED) is 0.885. The second kappa shape index (κ2) is 7.40. The van der Waals surface area contributed by atoms with Crippen LogP contribution in [0.5, 0.6) is 0 Å². The van der Waals surface area contributed by atoms with Crippen LogP contribution in [0.25, 0.3) is 11.4 Å². The van der Waals surface area contributed by atoms with Crippen molar-refractivity contribution in [1.29, 1.82) is 0 Å². The summed E-state index contributed by atoms with van der Waals surface area (Å²) >= 11 is 0. The molecule has 2 saturated heterocycles. The van der Waals surface area contributed by atoms with Gasteiger partial charge in [-0.3, -0.25) is 14.7 Å². The third-order valence-corrected chi connectivity index (χ3v) is 5.95. The topological polar surface area (TPSA) is 74.5 Å². The van der Waals surface area contributed by atoms with E-state index in [0.717, 1.165) is 44.6 Å². The summed E-state index contributed by atoms with van der Waals surface area (Å²) in [6.07, 6.45) is 4.98. The lowest BCUT2D eigenvalue weighted by Gasteiger charge is -2.33. The van der Waals surface area contributed by atoms with Gasteiger partial charge in [0.05, 0.1) is 18.3 Å². The van der Waals surface area contributed by atoms with Crippen molar-refractivity contribution < 1.29 is 9.32 Å². The second-order valence-corrected chi connectivity index (χ2v) is 7.97. The van der Waals surface area contributed by atoms with Gasteiger partial charge in [-0.2, -0.15) is 0 Å². The average Bonchev–Trinajstić information content (AvgIpc) is 3.27. The van der Waals surface area contributed by atoms with E-state index in [1.54, 1.807) is 11.1 Å². The summed E-state index contributed by atoms with van der Waals surface area (Å²) in [6, 6.07) is 7.48. The van der Waals surface area contributed by atoms with Crippen molar-refractivity contribution in [2.24, 2.45) is 5.41 Å². The Hall–Kier alpha value is -2.25. The molecule has 0 radical (unpaired) electrons. The first-order valence-electron chi connectivity index (χ1n) is 9.59. The Kier molecular flexibility index (Phi) is 4.97. The fourth-order valence-electron chi connectivity index (χ4n) is 4.45. The van der Waals surface area contributed by atoms with Crippen LogP contribution in [0, 0.1) is 5.41 Å². The van der Waals surface area contributed by atoms with E-state index in [-0.39, 0.29) is 11.9 Å². The average molecular weight is 369 g/mol. The minimum atomic E-state index is -0.0497. The number of amides is 1. The third kappa shape index (κ3) is 3.75. The van der Waals surface area contributed by atoms with Crippen molar-refractivity contribution in [1.82, 2.24) is 25.3 Å². The number of likely N-dealkylation sites (tertiary alicyclic amines) is 1. The molecule has 0 aromatic carbocycles. The SMILES string of the molecule is CN(Cc1cc(-c2ccccn2)no1)C(=O)[C@@H]1CC2(CCNCC2)CN1C.